The lowest BCUT2D eigenvalue weighted by Crippen LogP contribution is -2.30. The summed E-state index contributed by atoms with van der Waals surface area (Å²) in [5.41, 5.74) is 2.11. The largest absolute Gasteiger partial charge is 0.452 e. The van der Waals surface area contributed by atoms with Crippen LogP contribution in [0.15, 0.2) is 52.1 Å². The van der Waals surface area contributed by atoms with Gasteiger partial charge < -0.3 is 14.5 Å². The molecular formula is C19H17FN2O4S. The van der Waals surface area contributed by atoms with Gasteiger partial charge in [0, 0.05) is 5.69 Å². The van der Waals surface area contributed by atoms with Gasteiger partial charge in [0.15, 0.2) is 11.7 Å². The van der Waals surface area contributed by atoms with E-state index in [1.54, 1.807) is 25.1 Å². The molecule has 6 nitrogen and oxygen atoms in total. The molecule has 1 atom stereocenters. The Kier molecular flexibility index (Phi) is 5.75. The Labute approximate surface area is 159 Å². The molecule has 0 saturated carbocycles. The fourth-order valence-electron chi connectivity index (χ4n) is 2.23. The number of fused-ring (bicyclic) bond motifs is 1. The molecule has 0 saturated heterocycles. The van der Waals surface area contributed by atoms with Gasteiger partial charge in [0.2, 0.25) is 0 Å². The third-order valence-corrected chi connectivity index (χ3v) is 4.51. The van der Waals surface area contributed by atoms with Crippen LogP contribution < -0.4 is 5.32 Å². The molecule has 0 aliphatic rings. The number of nitrogens with zero attached hydrogens (tertiary/aromatic N) is 1. The fraction of sp³-hybridized carbons (Fsp3) is 0.211. The molecule has 140 valence electrons. The second-order valence-corrected chi connectivity index (χ2v) is 6.75. The van der Waals surface area contributed by atoms with Crippen molar-refractivity contribution in [2.24, 2.45) is 0 Å². The van der Waals surface area contributed by atoms with Crippen LogP contribution in [0.2, 0.25) is 0 Å². The number of rotatable bonds is 6. The van der Waals surface area contributed by atoms with E-state index in [1.165, 1.54) is 13.0 Å². The van der Waals surface area contributed by atoms with Gasteiger partial charge in [0.25, 0.3) is 11.1 Å². The van der Waals surface area contributed by atoms with E-state index in [0.717, 1.165) is 11.8 Å². The van der Waals surface area contributed by atoms with Crippen molar-refractivity contribution in [3.8, 4) is 0 Å². The molecule has 27 heavy (non-hydrogen) atoms. The zero-order valence-electron chi connectivity index (χ0n) is 14.7. The lowest BCUT2D eigenvalue weighted by Gasteiger charge is -2.13. The highest BCUT2D eigenvalue weighted by molar-refractivity contribution is 7.99. The normalized spacial score (nSPS) is 12.0. The van der Waals surface area contributed by atoms with Crippen molar-refractivity contribution in [1.82, 2.24) is 4.98 Å². The molecule has 0 aliphatic carbocycles. The minimum absolute atomic E-state index is 0.0520. The number of carbonyl (C=O) groups is 2. The monoisotopic (exact) mass is 388 g/mol. The highest BCUT2D eigenvalue weighted by atomic mass is 32.2. The highest BCUT2D eigenvalue weighted by Crippen LogP contribution is 2.23. The number of hydrogen-bond donors (Lipinski definition) is 1. The summed E-state index contributed by atoms with van der Waals surface area (Å²) in [6.07, 6.45) is -1.02. The minimum Gasteiger partial charge on any atom is -0.452 e. The molecule has 1 heterocycles. The molecule has 0 fully saturated rings. The van der Waals surface area contributed by atoms with E-state index in [-0.39, 0.29) is 5.75 Å². The van der Waals surface area contributed by atoms with Gasteiger partial charge in [-0.05, 0) is 43.7 Å². The van der Waals surface area contributed by atoms with E-state index < -0.39 is 23.8 Å². The minimum atomic E-state index is -1.02. The first-order valence-electron chi connectivity index (χ1n) is 8.17. The van der Waals surface area contributed by atoms with Crippen LogP contribution in [0.3, 0.4) is 0 Å². The molecular weight excluding hydrogens is 371 g/mol. The van der Waals surface area contributed by atoms with Gasteiger partial charge in [-0.15, -0.1) is 0 Å². The topological polar surface area (TPSA) is 81.4 Å². The first-order valence-corrected chi connectivity index (χ1v) is 9.16. The van der Waals surface area contributed by atoms with Crippen LogP contribution >= 0.6 is 11.8 Å². The van der Waals surface area contributed by atoms with Gasteiger partial charge in [-0.1, -0.05) is 30.0 Å². The number of esters is 1. The molecule has 0 unspecified atom stereocenters. The smallest absolute Gasteiger partial charge is 0.317 e. The quantitative estimate of drug-likeness (QED) is 0.509. The number of oxazole rings is 1. The Bertz CT molecular complexity index is 956. The summed E-state index contributed by atoms with van der Waals surface area (Å²) in [6.45, 7) is 3.07. The molecule has 1 aromatic heterocycles. The number of amides is 1. The van der Waals surface area contributed by atoms with Crippen LogP contribution in [0.25, 0.3) is 11.1 Å². The molecule has 0 aliphatic heterocycles. The van der Waals surface area contributed by atoms with Crippen molar-refractivity contribution < 1.29 is 23.1 Å². The van der Waals surface area contributed by atoms with E-state index in [9.17, 15) is 14.0 Å². The fourth-order valence-corrected chi connectivity index (χ4v) is 2.85. The number of thioether (sulfide) groups is 1. The summed E-state index contributed by atoms with van der Waals surface area (Å²) in [6, 6.07) is 11.6. The summed E-state index contributed by atoms with van der Waals surface area (Å²) in [5.74, 6) is -1.60. The number of carbonyl (C=O) groups excluding carboxylic acids is 2. The van der Waals surface area contributed by atoms with E-state index in [4.69, 9.17) is 9.15 Å². The third-order valence-electron chi connectivity index (χ3n) is 3.70. The van der Waals surface area contributed by atoms with Crippen molar-refractivity contribution in [2.75, 3.05) is 11.1 Å². The summed E-state index contributed by atoms with van der Waals surface area (Å²) in [7, 11) is 0. The van der Waals surface area contributed by atoms with Crippen LogP contribution in [0.4, 0.5) is 10.1 Å². The molecule has 1 amide bonds. The van der Waals surface area contributed by atoms with Crippen molar-refractivity contribution in [2.45, 2.75) is 25.2 Å². The lowest BCUT2D eigenvalue weighted by molar-refractivity contribution is -0.150. The molecule has 2 aromatic carbocycles. The predicted octanol–water partition coefficient (Wildman–Crippen LogP) is 3.94. The summed E-state index contributed by atoms with van der Waals surface area (Å²) in [4.78, 5) is 28.3. The molecule has 0 bridgehead atoms. The SMILES string of the molecule is Cc1ccc(NC(=O)[C@@H](C)OC(=O)CSc2nc3ccccc3o2)cc1F. The third kappa shape index (κ3) is 4.85. The van der Waals surface area contributed by atoms with Crippen LogP contribution in [0, 0.1) is 12.7 Å². The first-order chi connectivity index (χ1) is 12.9. The summed E-state index contributed by atoms with van der Waals surface area (Å²) < 4.78 is 24.1. The summed E-state index contributed by atoms with van der Waals surface area (Å²) >= 11 is 1.08. The lowest BCUT2D eigenvalue weighted by atomic mass is 10.2. The van der Waals surface area contributed by atoms with Crippen molar-refractivity contribution >= 4 is 40.4 Å². The Morgan fingerprint density at radius 3 is 2.81 bits per heavy atom. The molecule has 3 rings (SSSR count). The number of ether oxygens (including phenoxy) is 1. The number of halogens is 1. The second kappa shape index (κ2) is 8.22. The van der Waals surface area contributed by atoms with Crippen molar-refractivity contribution in [1.29, 1.82) is 0 Å². The van der Waals surface area contributed by atoms with E-state index in [2.05, 4.69) is 10.3 Å². The van der Waals surface area contributed by atoms with Gasteiger partial charge in [0.05, 0.1) is 0 Å². The Morgan fingerprint density at radius 1 is 1.30 bits per heavy atom. The molecule has 0 spiro atoms. The van der Waals surface area contributed by atoms with Crippen LogP contribution in [-0.4, -0.2) is 28.7 Å². The Balaban J connectivity index is 1.50. The van der Waals surface area contributed by atoms with E-state index in [0.29, 0.717) is 27.6 Å². The van der Waals surface area contributed by atoms with Gasteiger partial charge in [-0.25, -0.2) is 9.37 Å². The van der Waals surface area contributed by atoms with Gasteiger partial charge in [-0.3, -0.25) is 9.59 Å². The highest BCUT2D eigenvalue weighted by Gasteiger charge is 2.19. The van der Waals surface area contributed by atoms with Gasteiger partial charge in [0.1, 0.15) is 17.1 Å². The number of aromatic nitrogens is 1. The number of anilines is 1. The molecule has 0 radical (unpaired) electrons. The van der Waals surface area contributed by atoms with Crippen LogP contribution in [0.1, 0.15) is 12.5 Å². The Hall–Kier alpha value is -2.87. The van der Waals surface area contributed by atoms with Gasteiger partial charge >= 0.3 is 5.97 Å². The van der Waals surface area contributed by atoms with Crippen molar-refractivity contribution in [3.05, 3.63) is 53.8 Å². The van der Waals surface area contributed by atoms with Gasteiger partial charge in [-0.2, -0.15) is 0 Å². The van der Waals surface area contributed by atoms with Crippen LogP contribution in [0.5, 0.6) is 0 Å². The molecule has 3 aromatic rings. The predicted molar refractivity (Wildman–Crippen MR) is 100 cm³/mol. The average molecular weight is 388 g/mol. The maximum Gasteiger partial charge on any atom is 0.317 e. The standard InChI is InChI=1S/C19H17FN2O4S/c1-11-7-8-13(9-14(11)20)21-18(24)12(2)25-17(23)10-27-19-22-15-5-3-4-6-16(15)26-19/h3-9,12H,10H2,1-2H3,(H,21,24)/t12-/m1/s1. The number of aryl methyl sites for hydroxylation is 1. The number of benzene rings is 2. The zero-order chi connectivity index (χ0) is 19.4. The van der Waals surface area contributed by atoms with Crippen LogP contribution in [-0.2, 0) is 14.3 Å². The second-order valence-electron chi connectivity index (χ2n) is 5.82. The van der Waals surface area contributed by atoms with Crippen molar-refractivity contribution in [3.63, 3.8) is 0 Å². The van der Waals surface area contributed by atoms with E-state index in [1.807, 2.05) is 18.2 Å². The van der Waals surface area contributed by atoms with E-state index >= 15 is 0 Å². The number of para-hydroxylation sites is 2. The number of hydrogen-bond acceptors (Lipinski definition) is 6. The molecule has 8 heteroatoms. The molecule has 1 N–H and O–H groups in total. The maximum absolute atomic E-state index is 13.5. The maximum atomic E-state index is 13.5. The zero-order valence-corrected chi connectivity index (χ0v) is 15.5. The average Bonchev–Trinajstić information content (AvgIpc) is 3.06. The Morgan fingerprint density at radius 2 is 2.07 bits per heavy atom. The first kappa shape index (κ1) is 18.9. The number of nitrogens with one attached hydrogen (secondary N) is 1. The summed E-state index contributed by atoms with van der Waals surface area (Å²) in [5, 5.41) is 2.86.